The second-order valence-corrected chi connectivity index (χ2v) is 11.6. The molecule has 1 saturated carbocycles. The maximum Gasteiger partial charge on any atom is 0.308 e. The Hall–Kier alpha value is -2.89. The van der Waals surface area contributed by atoms with Gasteiger partial charge >= 0.3 is 5.97 Å². The number of rotatable bonds is 10. The third kappa shape index (κ3) is 8.81. The molecule has 1 saturated heterocycles. The fourth-order valence-electron chi connectivity index (χ4n) is 5.09. The van der Waals surface area contributed by atoms with Crippen molar-refractivity contribution in [2.24, 2.45) is 11.8 Å². The molecule has 0 aromatic heterocycles. The number of nitrogens with zero attached hydrogens (tertiary/aromatic N) is 1. The Morgan fingerprint density at radius 3 is 2.15 bits per heavy atom. The number of halogens is 4. The Kier molecular flexibility index (Phi) is 10.8. The molecular formula is C28H38F4N2O6. The lowest BCUT2D eigenvalue weighted by Gasteiger charge is -2.33. The zero-order chi connectivity index (χ0) is 29.6. The van der Waals surface area contributed by atoms with E-state index in [1.165, 1.54) is 0 Å². The van der Waals surface area contributed by atoms with Crippen LogP contribution in [0.1, 0.15) is 72.1 Å². The lowest BCUT2D eigenvalue weighted by atomic mass is 9.94. The molecule has 2 aliphatic rings. The number of carbonyl (C=O) groups excluding carboxylic acids is 3. The Morgan fingerprint density at radius 2 is 1.60 bits per heavy atom. The second kappa shape index (κ2) is 13.6. The predicted molar refractivity (Wildman–Crippen MR) is 136 cm³/mol. The van der Waals surface area contributed by atoms with Crippen molar-refractivity contribution in [3.63, 3.8) is 0 Å². The summed E-state index contributed by atoms with van der Waals surface area (Å²) in [6, 6.07) is -1.28. The zero-order valence-corrected chi connectivity index (χ0v) is 23.1. The van der Waals surface area contributed by atoms with Crippen LogP contribution in [-0.4, -0.2) is 65.2 Å². The van der Waals surface area contributed by atoms with Crippen LogP contribution in [0.3, 0.4) is 0 Å². The molecule has 2 amide bonds. The van der Waals surface area contributed by atoms with Gasteiger partial charge in [0.15, 0.2) is 17.4 Å². The molecule has 2 atom stereocenters. The minimum absolute atomic E-state index is 0.0209. The molecule has 1 aromatic carbocycles. The van der Waals surface area contributed by atoms with E-state index in [0.29, 0.717) is 38.3 Å². The lowest BCUT2D eigenvalue weighted by Crippen LogP contribution is -2.51. The molecule has 8 nitrogen and oxygen atoms in total. The normalized spacial score (nSPS) is 18.4. The highest BCUT2D eigenvalue weighted by molar-refractivity contribution is 5.81. The van der Waals surface area contributed by atoms with E-state index in [4.69, 9.17) is 9.47 Å². The summed E-state index contributed by atoms with van der Waals surface area (Å²) in [6.07, 6.45) is 3.47. The van der Waals surface area contributed by atoms with Crippen molar-refractivity contribution in [1.82, 2.24) is 10.2 Å². The molecule has 1 aliphatic heterocycles. The van der Waals surface area contributed by atoms with Gasteiger partial charge < -0.3 is 24.8 Å². The smallest absolute Gasteiger partial charge is 0.308 e. The maximum absolute atomic E-state index is 14.0. The molecule has 3 rings (SSSR count). The van der Waals surface area contributed by atoms with Crippen LogP contribution >= 0.6 is 0 Å². The highest BCUT2D eigenvalue weighted by Gasteiger charge is 2.33. The molecule has 224 valence electrons. The third-order valence-electron chi connectivity index (χ3n) is 7.23. The molecule has 0 spiro atoms. The van der Waals surface area contributed by atoms with Crippen LogP contribution in [0.15, 0.2) is 6.07 Å². The van der Waals surface area contributed by atoms with Crippen molar-refractivity contribution in [3.05, 3.63) is 29.3 Å². The van der Waals surface area contributed by atoms with E-state index in [1.807, 2.05) is 0 Å². The van der Waals surface area contributed by atoms with Crippen molar-refractivity contribution < 1.29 is 46.5 Å². The number of carbonyl (C=O) groups is 3. The molecule has 0 radical (unpaired) electrons. The Bertz CT molecular complexity index is 1040. The molecule has 1 aromatic rings. The molecule has 1 aliphatic carbocycles. The van der Waals surface area contributed by atoms with Gasteiger partial charge in [-0.25, -0.2) is 8.78 Å². The van der Waals surface area contributed by atoms with E-state index in [1.54, 1.807) is 25.7 Å². The number of hydrogen-bond acceptors (Lipinski definition) is 6. The van der Waals surface area contributed by atoms with Crippen molar-refractivity contribution >= 4 is 17.8 Å². The molecule has 12 heteroatoms. The highest BCUT2D eigenvalue weighted by atomic mass is 19.2. The van der Waals surface area contributed by atoms with Crippen molar-refractivity contribution in [1.29, 1.82) is 0 Å². The molecular weight excluding hydrogens is 536 g/mol. The first-order chi connectivity index (χ1) is 18.7. The number of benzene rings is 1. The fourth-order valence-corrected chi connectivity index (χ4v) is 5.09. The topological polar surface area (TPSA) is 105 Å². The van der Waals surface area contributed by atoms with Gasteiger partial charge in [-0.3, -0.25) is 14.4 Å². The number of piperidine rings is 1. The lowest BCUT2D eigenvalue weighted by molar-refractivity contribution is -0.156. The zero-order valence-electron chi connectivity index (χ0n) is 23.1. The van der Waals surface area contributed by atoms with Crippen LogP contribution in [0, 0.1) is 35.1 Å². The number of amides is 2. The first-order valence-corrected chi connectivity index (χ1v) is 13.7. The summed E-state index contributed by atoms with van der Waals surface area (Å²) >= 11 is 0. The van der Waals surface area contributed by atoms with Gasteiger partial charge in [0.2, 0.25) is 23.4 Å². The van der Waals surface area contributed by atoms with Crippen LogP contribution in [0.5, 0.6) is 5.75 Å². The monoisotopic (exact) mass is 574 g/mol. The Labute approximate surface area is 231 Å². The molecule has 0 bridgehead atoms. The van der Waals surface area contributed by atoms with E-state index in [0.717, 1.165) is 25.7 Å². The molecule has 2 fully saturated rings. The summed E-state index contributed by atoms with van der Waals surface area (Å²) in [5.74, 6) is -9.56. The van der Waals surface area contributed by atoms with Gasteiger partial charge in [0.05, 0.1) is 12.5 Å². The molecule has 2 N–H and O–H groups in total. The summed E-state index contributed by atoms with van der Waals surface area (Å²) in [5, 5.41) is 13.3. The molecule has 1 heterocycles. The maximum atomic E-state index is 14.0. The number of ether oxygens (including phenoxy) is 2. The first kappa shape index (κ1) is 31.6. The first-order valence-electron chi connectivity index (χ1n) is 13.7. The van der Waals surface area contributed by atoms with E-state index < -0.39 is 77.6 Å². The van der Waals surface area contributed by atoms with Gasteiger partial charge in [-0.15, -0.1) is 0 Å². The van der Waals surface area contributed by atoms with Crippen LogP contribution in [0.25, 0.3) is 0 Å². The predicted octanol–water partition coefficient (Wildman–Crippen LogP) is 4.02. The molecule has 1 unspecified atom stereocenters. The van der Waals surface area contributed by atoms with E-state index in [-0.39, 0.29) is 12.0 Å². The number of likely N-dealkylation sites (tertiary alicyclic amines) is 1. The Balaban J connectivity index is 1.62. The average Bonchev–Trinajstić information content (AvgIpc) is 3.39. The van der Waals surface area contributed by atoms with E-state index >= 15 is 0 Å². The number of aliphatic hydroxyl groups excluding tert-OH is 1. The number of hydrogen-bond donors (Lipinski definition) is 2. The highest BCUT2D eigenvalue weighted by Crippen LogP contribution is 2.29. The number of aliphatic hydroxyl groups is 1. The minimum atomic E-state index is -1.78. The van der Waals surface area contributed by atoms with Gasteiger partial charge in [0.25, 0.3) is 0 Å². The van der Waals surface area contributed by atoms with Gasteiger partial charge in [0, 0.05) is 31.5 Å². The van der Waals surface area contributed by atoms with Crippen molar-refractivity contribution in [2.75, 3.05) is 19.7 Å². The van der Waals surface area contributed by atoms with Gasteiger partial charge in [-0.1, -0.05) is 12.8 Å². The standard InChI is InChI=1S/C28H38F4N2O6/c1-28(2,3)40-23(37)14-20(21(35)15-39-26-24(31)18(29)13-19(30)25(26)32)33-27(38)17-8-10-34(11-9-17)22(36)12-16-6-4-5-7-16/h13,16-17,20-21,35H,4-12,14-15H2,1-3H3,(H,33,38)/t20-,21?/m0/s1. The van der Waals surface area contributed by atoms with Crippen molar-refractivity contribution in [3.8, 4) is 5.75 Å². The summed E-state index contributed by atoms with van der Waals surface area (Å²) in [7, 11) is 0. The number of esters is 1. The summed E-state index contributed by atoms with van der Waals surface area (Å²) < 4.78 is 65.1. The quantitative estimate of drug-likeness (QED) is 0.249. The Morgan fingerprint density at radius 1 is 1.02 bits per heavy atom. The van der Waals surface area contributed by atoms with Crippen molar-refractivity contribution in [2.45, 2.75) is 89.9 Å². The summed E-state index contributed by atoms with van der Waals surface area (Å²) in [6.45, 7) is 4.79. The van der Waals surface area contributed by atoms with Gasteiger partial charge in [-0.05, 0) is 52.4 Å². The van der Waals surface area contributed by atoms with Crippen LogP contribution < -0.4 is 10.1 Å². The SMILES string of the molecule is CC(C)(C)OC(=O)C[C@H](NC(=O)C1CCN(C(=O)CC2CCCC2)CC1)C(O)COc1c(F)c(F)cc(F)c1F. The minimum Gasteiger partial charge on any atom is -0.485 e. The van der Waals surface area contributed by atoms with Gasteiger partial charge in [0.1, 0.15) is 18.3 Å². The van der Waals surface area contributed by atoms with E-state index in [9.17, 15) is 37.1 Å². The second-order valence-electron chi connectivity index (χ2n) is 11.6. The van der Waals surface area contributed by atoms with Gasteiger partial charge in [-0.2, -0.15) is 8.78 Å². The summed E-state index contributed by atoms with van der Waals surface area (Å²) in [5.41, 5.74) is -0.865. The fraction of sp³-hybridized carbons (Fsp3) is 0.679. The van der Waals surface area contributed by atoms with Crippen LogP contribution in [0.2, 0.25) is 0 Å². The largest absolute Gasteiger partial charge is 0.485 e. The van der Waals surface area contributed by atoms with Crippen LogP contribution in [0.4, 0.5) is 17.6 Å². The van der Waals surface area contributed by atoms with E-state index in [2.05, 4.69) is 5.32 Å². The molecule has 40 heavy (non-hydrogen) atoms. The number of nitrogens with one attached hydrogen (secondary N) is 1. The summed E-state index contributed by atoms with van der Waals surface area (Å²) in [4.78, 5) is 39.9. The van der Waals surface area contributed by atoms with Crippen LogP contribution in [-0.2, 0) is 19.1 Å². The average molecular weight is 575 g/mol. The third-order valence-corrected chi connectivity index (χ3v) is 7.23.